The molecule has 0 unspecified atom stereocenters. The van der Waals surface area contributed by atoms with E-state index in [2.05, 4.69) is 34.1 Å². The Labute approximate surface area is 202 Å². The Morgan fingerprint density at radius 2 is 0.941 bits per heavy atom. The molecule has 0 amide bonds. The van der Waals surface area contributed by atoms with Crippen LogP contribution in [-0.4, -0.2) is 34.2 Å². The zero-order valence-corrected chi connectivity index (χ0v) is 20.1. The first kappa shape index (κ1) is 23.1. The molecule has 0 saturated heterocycles. The molecule has 4 aromatic rings. The Kier molecular flexibility index (Phi) is 6.69. The predicted octanol–water partition coefficient (Wildman–Crippen LogP) is 5.97. The minimum atomic E-state index is -1.12. The molecule has 4 aromatic carbocycles. The molecule has 4 heteroatoms. The van der Waals surface area contributed by atoms with Crippen LogP contribution in [0.2, 0.25) is 0 Å². The van der Waals surface area contributed by atoms with Crippen molar-refractivity contribution in [2.45, 2.75) is 5.60 Å². The van der Waals surface area contributed by atoms with E-state index in [1.54, 1.807) is 12.1 Å². The third-order valence-corrected chi connectivity index (χ3v) is 6.02. The minimum absolute atomic E-state index is 0.377. The Hall–Kier alpha value is -4.05. The first-order valence-corrected chi connectivity index (χ1v) is 11.3. The van der Waals surface area contributed by atoms with Gasteiger partial charge in [0.15, 0.2) is 5.60 Å². The van der Waals surface area contributed by atoms with Gasteiger partial charge in [-0.15, -0.1) is 0 Å². The summed E-state index contributed by atoms with van der Waals surface area (Å²) >= 11 is 0. The lowest BCUT2D eigenvalue weighted by Crippen LogP contribution is -2.35. The highest BCUT2D eigenvalue weighted by Crippen LogP contribution is 2.42. The Bertz CT molecular complexity index is 1170. The van der Waals surface area contributed by atoms with Crippen LogP contribution in [0.3, 0.4) is 0 Å². The van der Waals surface area contributed by atoms with Gasteiger partial charge in [-0.3, -0.25) is 0 Å². The van der Waals surface area contributed by atoms with Crippen LogP contribution in [-0.2, 0) is 10.3 Å². The number of rotatable bonds is 7. The number of benzene rings is 4. The van der Waals surface area contributed by atoms with Crippen LogP contribution in [0.5, 0.6) is 0 Å². The van der Waals surface area contributed by atoms with Crippen molar-refractivity contribution in [3.63, 3.8) is 0 Å². The summed E-state index contributed by atoms with van der Waals surface area (Å²) in [6.07, 6.45) is 0. The molecule has 0 aromatic heterocycles. The second kappa shape index (κ2) is 9.84. The van der Waals surface area contributed by atoms with Crippen molar-refractivity contribution < 1.29 is 9.53 Å². The summed E-state index contributed by atoms with van der Waals surface area (Å²) in [5.41, 5.74) is 4.18. The second-order valence-electron chi connectivity index (χ2n) is 8.69. The van der Waals surface area contributed by atoms with Crippen molar-refractivity contribution in [3.05, 3.63) is 131 Å². The largest absolute Gasteiger partial charge is 0.441 e. The molecule has 34 heavy (non-hydrogen) atoms. The molecule has 0 spiro atoms. The average molecular weight is 451 g/mol. The van der Waals surface area contributed by atoms with E-state index in [4.69, 9.17) is 4.74 Å². The summed E-state index contributed by atoms with van der Waals surface area (Å²) in [7, 11) is 8.04. The van der Waals surface area contributed by atoms with Gasteiger partial charge < -0.3 is 14.5 Å². The van der Waals surface area contributed by atoms with Gasteiger partial charge in [0, 0.05) is 56.3 Å². The molecule has 0 aliphatic carbocycles. The fourth-order valence-corrected chi connectivity index (χ4v) is 4.11. The number of carbonyl (C=O) groups excluding carboxylic acids is 1. The summed E-state index contributed by atoms with van der Waals surface area (Å²) in [6.45, 7) is 0. The molecule has 172 valence electrons. The van der Waals surface area contributed by atoms with Crippen molar-refractivity contribution in [1.29, 1.82) is 0 Å². The van der Waals surface area contributed by atoms with Crippen LogP contribution >= 0.6 is 0 Å². The van der Waals surface area contributed by atoms with E-state index in [0.717, 1.165) is 28.1 Å². The van der Waals surface area contributed by atoms with Gasteiger partial charge in [-0.25, -0.2) is 4.79 Å². The van der Waals surface area contributed by atoms with Crippen LogP contribution in [0.15, 0.2) is 109 Å². The second-order valence-corrected chi connectivity index (χ2v) is 8.69. The third kappa shape index (κ3) is 4.53. The number of hydrogen-bond donors (Lipinski definition) is 0. The molecule has 0 fully saturated rings. The predicted molar refractivity (Wildman–Crippen MR) is 140 cm³/mol. The van der Waals surface area contributed by atoms with Gasteiger partial charge in [-0.1, -0.05) is 72.8 Å². The molecule has 4 rings (SSSR count). The Balaban J connectivity index is 1.95. The molecule has 0 atom stereocenters. The first-order valence-electron chi connectivity index (χ1n) is 11.3. The first-order chi connectivity index (χ1) is 16.4. The SMILES string of the molecule is CN(C)c1ccc(C(OC(=O)c2ccccc2)(c2ccccc2)c2ccc(N(C)C)cc2)cc1. The molecule has 0 bridgehead atoms. The molecule has 0 aliphatic rings. The van der Waals surface area contributed by atoms with E-state index >= 15 is 0 Å². The highest BCUT2D eigenvalue weighted by molar-refractivity contribution is 5.90. The van der Waals surface area contributed by atoms with Gasteiger partial charge in [0.05, 0.1) is 5.56 Å². The lowest BCUT2D eigenvalue weighted by atomic mass is 9.79. The van der Waals surface area contributed by atoms with Gasteiger partial charge in [0.1, 0.15) is 0 Å². The quantitative estimate of drug-likeness (QED) is 0.257. The average Bonchev–Trinajstić information content (AvgIpc) is 2.88. The summed E-state index contributed by atoms with van der Waals surface area (Å²) in [5.74, 6) is -0.377. The molecule has 0 radical (unpaired) electrons. The van der Waals surface area contributed by atoms with Gasteiger partial charge in [-0.2, -0.15) is 0 Å². The highest BCUT2D eigenvalue weighted by Gasteiger charge is 2.41. The molecular formula is C30H30N2O2. The van der Waals surface area contributed by atoms with Crippen LogP contribution < -0.4 is 9.80 Å². The van der Waals surface area contributed by atoms with E-state index in [-0.39, 0.29) is 5.97 Å². The molecule has 0 heterocycles. The summed E-state index contributed by atoms with van der Waals surface area (Å²) in [4.78, 5) is 17.6. The Morgan fingerprint density at radius 1 is 0.559 bits per heavy atom. The van der Waals surface area contributed by atoms with Gasteiger partial charge in [0.2, 0.25) is 0 Å². The number of hydrogen-bond acceptors (Lipinski definition) is 4. The summed E-state index contributed by atoms with van der Waals surface area (Å²) < 4.78 is 6.52. The monoisotopic (exact) mass is 450 g/mol. The molecule has 0 N–H and O–H groups in total. The maximum absolute atomic E-state index is 13.5. The van der Waals surface area contributed by atoms with Gasteiger partial charge in [-0.05, 0) is 36.4 Å². The van der Waals surface area contributed by atoms with E-state index in [1.807, 2.05) is 101 Å². The van der Waals surface area contributed by atoms with E-state index in [9.17, 15) is 4.79 Å². The van der Waals surface area contributed by atoms with Crippen molar-refractivity contribution in [3.8, 4) is 0 Å². The molecular weight excluding hydrogens is 420 g/mol. The lowest BCUT2D eigenvalue weighted by Gasteiger charge is -2.36. The zero-order valence-electron chi connectivity index (χ0n) is 20.1. The number of carbonyl (C=O) groups is 1. The fraction of sp³-hybridized carbons (Fsp3) is 0.167. The van der Waals surface area contributed by atoms with E-state index in [1.165, 1.54) is 0 Å². The van der Waals surface area contributed by atoms with Crippen LogP contribution in [0, 0.1) is 0 Å². The highest BCUT2D eigenvalue weighted by atomic mass is 16.6. The van der Waals surface area contributed by atoms with Crippen molar-refractivity contribution in [2.24, 2.45) is 0 Å². The van der Waals surface area contributed by atoms with E-state index in [0.29, 0.717) is 5.56 Å². The normalized spacial score (nSPS) is 11.1. The minimum Gasteiger partial charge on any atom is -0.441 e. The van der Waals surface area contributed by atoms with E-state index < -0.39 is 5.60 Å². The Morgan fingerprint density at radius 3 is 1.35 bits per heavy atom. The number of nitrogens with zero attached hydrogens (tertiary/aromatic N) is 2. The smallest absolute Gasteiger partial charge is 0.339 e. The molecule has 0 aliphatic heterocycles. The van der Waals surface area contributed by atoms with Crippen molar-refractivity contribution in [1.82, 2.24) is 0 Å². The maximum atomic E-state index is 13.5. The third-order valence-electron chi connectivity index (χ3n) is 6.02. The van der Waals surface area contributed by atoms with Gasteiger partial charge >= 0.3 is 5.97 Å². The van der Waals surface area contributed by atoms with Crippen LogP contribution in [0.25, 0.3) is 0 Å². The standard InChI is InChI=1S/C30H30N2O2/c1-31(2)27-19-15-25(16-20-27)30(24-13-9-6-10-14-24,26-17-21-28(22-18-26)32(3)4)34-29(33)23-11-7-5-8-12-23/h5-22H,1-4H3. The number of anilines is 2. The zero-order chi connectivity index (χ0) is 24.1. The number of ether oxygens (including phenoxy) is 1. The fourth-order valence-electron chi connectivity index (χ4n) is 4.11. The summed E-state index contributed by atoms with van der Waals surface area (Å²) in [6, 6.07) is 35.5. The molecule has 4 nitrogen and oxygen atoms in total. The maximum Gasteiger partial charge on any atom is 0.339 e. The number of esters is 1. The van der Waals surface area contributed by atoms with Crippen molar-refractivity contribution >= 4 is 17.3 Å². The summed E-state index contributed by atoms with van der Waals surface area (Å²) in [5, 5.41) is 0. The van der Waals surface area contributed by atoms with Gasteiger partial charge in [0.25, 0.3) is 0 Å². The topological polar surface area (TPSA) is 32.8 Å². The van der Waals surface area contributed by atoms with Crippen LogP contribution in [0.1, 0.15) is 27.0 Å². The van der Waals surface area contributed by atoms with Crippen molar-refractivity contribution in [2.75, 3.05) is 38.0 Å². The lowest BCUT2D eigenvalue weighted by molar-refractivity contribution is 0.0141. The molecule has 0 saturated carbocycles. The van der Waals surface area contributed by atoms with Crippen LogP contribution in [0.4, 0.5) is 11.4 Å².